The van der Waals surface area contributed by atoms with Crippen molar-refractivity contribution in [3.63, 3.8) is 0 Å². The van der Waals surface area contributed by atoms with E-state index in [9.17, 15) is 8.78 Å². The Bertz CT molecular complexity index is 602. The molecular weight excluding hydrogens is 340 g/mol. The van der Waals surface area contributed by atoms with Gasteiger partial charge in [0.25, 0.3) is 0 Å². The van der Waals surface area contributed by atoms with Gasteiger partial charge in [0.05, 0.1) is 0 Å². The molecule has 1 unspecified atom stereocenters. The molecule has 0 aliphatic heterocycles. The van der Waals surface area contributed by atoms with Crippen LogP contribution < -0.4 is 10.1 Å². The molecule has 5 heteroatoms. The molecule has 0 bridgehead atoms. The van der Waals surface area contributed by atoms with Gasteiger partial charge in [0.2, 0.25) is 0 Å². The molecule has 0 aliphatic carbocycles. The summed E-state index contributed by atoms with van der Waals surface area (Å²) in [5.41, 5.74) is 3.17. The highest BCUT2D eigenvalue weighted by atomic mass is 79.9. The number of hydrogen-bond donors (Lipinski definition) is 1. The zero-order valence-corrected chi connectivity index (χ0v) is 13.3. The van der Waals surface area contributed by atoms with Crippen LogP contribution in [0.4, 0.5) is 14.5 Å². The molecule has 112 valence electrons. The van der Waals surface area contributed by atoms with E-state index in [4.69, 9.17) is 0 Å². The third kappa shape index (κ3) is 4.43. The Hall–Kier alpha value is -1.62. The largest absolute Gasteiger partial charge is 0.435 e. The summed E-state index contributed by atoms with van der Waals surface area (Å²) >= 11 is 3.43. The molecule has 0 aliphatic rings. The molecule has 2 nitrogen and oxygen atoms in total. The zero-order valence-electron chi connectivity index (χ0n) is 11.7. The smallest absolute Gasteiger partial charge is 0.387 e. The van der Waals surface area contributed by atoms with Crippen LogP contribution in [-0.4, -0.2) is 6.61 Å². The Labute approximate surface area is 131 Å². The van der Waals surface area contributed by atoms with Gasteiger partial charge in [0.1, 0.15) is 5.75 Å². The number of hydrogen-bond acceptors (Lipinski definition) is 2. The molecule has 0 spiro atoms. The molecule has 2 aromatic rings. The minimum Gasteiger partial charge on any atom is -0.435 e. The lowest BCUT2D eigenvalue weighted by Crippen LogP contribution is -2.08. The second-order valence-corrected chi connectivity index (χ2v) is 5.69. The summed E-state index contributed by atoms with van der Waals surface area (Å²) in [5, 5.41) is 3.40. The molecular formula is C16H16BrF2NO. The highest BCUT2D eigenvalue weighted by Gasteiger charge is 2.09. The van der Waals surface area contributed by atoms with Gasteiger partial charge in [-0.15, -0.1) is 0 Å². The maximum absolute atomic E-state index is 12.1. The van der Waals surface area contributed by atoms with E-state index in [1.165, 1.54) is 0 Å². The van der Waals surface area contributed by atoms with Gasteiger partial charge in [-0.3, -0.25) is 0 Å². The minimum atomic E-state index is -2.79. The van der Waals surface area contributed by atoms with Crippen LogP contribution in [0, 0.1) is 6.92 Å². The first kappa shape index (κ1) is 15.8. The lowest BCUT2D eigenvalue weighted by Gasteiger charge is -2.18. The van der Waals surface area contributed by atoms with Crippen molar-refractivity contribution in [2.45, 2.75) is 26.5 Å². The number of nitrogens with one attached hydrogen (secondary N) is 1. The Morgan fingerprint density at radius 1 is 1.10 bits per heavy atom. The lowest BCUT2D eigenvalue weighted by molar-refractivity contribution is -0.0498. The Morgan fingerprint density at radius 2 is 1.76 bits per heavy atom. The van der Waals surface area contributed by atoms with E-state index < -0.39 is 6.61 Å². The number of halogens is 3. The van der Waals surface area contributed by atoms with Gasteiger partial charge in [0.15, 0.2) is 0 Å². The quantitative estimate of drug-likeness (QED) is 0.760. The number of alkyl halides is 2. The summed E-state index contributed by atoms with van der Waals surface area (Å²) < 4.78 is 29.6. The molecule has 0 radical (unpaired) electrons. The monoisotopic (exact) mass is 355 g/mol. The average molecular weight is 356 g/mol. The maximum atomic E-state index is 12.1. The molecule has 1 N–H and O–H groups in total. The first-order valence-electron chi connectivity index (χ1n) is 6.53. The summed E-state index contributed by atoms with van der Waals surface area (Å²) in [7, 11) is 0. The van der Waals surface area contributed by atoms with E-state index in [2.05, 4.69) is 26.0 Å². The molecule has 0 heterocycles. The summed E-state index contributed by atoms with van der Waals surface area (Å²) in [6.45, 7) is 1.25. The second-order valence-electron chi connectivity index (χ2n) is 4.77. The maximum Gasteiger partial charge on any atom is 0.387 e. The fourth-order valence-corrected chi connectivity index (χ4v) is 2.52. The summed E-state index contributed by atoms with van der Waals surface area (Å²) in [6.07, 6.45) is 0. The van der Waals surface area contributed by atoms with Crippen LogP contribution in [0.5, 0.6) is 5.75 Å². The molecule has 2 rings (SSSR count). The van der Waals surface area contributed by atoms with E-state index in [1.807, 2.05) is 32.0 Å². The fourth-order valence-electron chi connectivity index (χ4n) is 2.04. The minimum absolute atomic E-state index is 0.0606. The van der Waals surface area contributed by atoms with E-state index >= 15 is 0 Å². The third-order valence-electron chi connectivity index (χ3n) is 3.17. The van der Waals surface area contributed by atoms with Crippen LogP contribution in [0.2, 0.25) is 0 Å². The van der Waals surface area contributed by atoms with E-state index in [-0.39, 0.29) is 11.8 Å². The van der Waals surface area contributed by atoms with Crippen LogP contribution in [0.15, 0.2) is 46.9 Å². The van der Waals surface area contributed by atoms with Gasteiger partial charge in [0, 0.05) is 16.2 Å². The van der Waals surface area contributed by atoms with Gasteiger partial charge in [-0.1, -0.05) is 28.1 Å². The van der Waals surface area contributed by atoms with Crippen molar-refractivity contribution >= 4 is 21.6 Å². The predicted octanol–water partition coefficient (Wildman–Crippen LogP) is 5.53. The van der Waals surface area contributed by atoms with Crippen LogP contribution in [-0.2, 0) is 0 Å². The normalized spacial score (nSPS) is 12.3. The second kappa shape index (κ2) is 6.89. The molecule has 21 heavy (non-hydrogen) atoms. The van der Waals surface area contributed by atoms with Crippen molar-refractivity contribution in [2.24, 2.45) is 0 Å². The molecule has 0 saturated heterocycles. The van der Waals surface area contributed by atoms with E-state index in [0.717, 1.165) is 21.3 Å². The number of ether oxygens (including phenoxy) is 1. The van der Waals surface area contributed by atoms with Gasteiger partial charge >= 0.3 is 6.61 Å². The van der Waals surface area contributed by atoms with Gasteiger partial charge in [-0.2, -0.15) is 8.78 Å². The topological polar surface area (TPSA) is 21.3 Å². The Kier molecular flexibility index (Phi) is 5.17. The predicted molar refractivity (Wildman–Crippen MR) is 84.0 cm³/mol. The van der Waals surface area contributed by atoms with Gasteiger partial charge in [-0.25, -0.2) is 0 Å². The Morgan fingerprint density at radius 3 is 2.33 bits per heavy atom. The number of rotatable bonds is 5. The van der Waals surface area contributed by atoms with E-state index in [0.29, 0.717) is 0 Å². The average Bonchev–Trinajstić information content (AvgIpc) is 2.42. The van der Waals surface area contributed by atoms with Crippen molar-refractivity contribution in [1.82, 2.24) is 0 Å². The molecule has 2 aromatic carbocycles. The highest BCUT2D eigenvalue weighted by molar-refractivity contribution is 9.10. The molecule has 0 aromatic heterocycles. The van der Waals surface area contributed by atoms with Crippen LogP contribution in [0.25, 0.3) is 0 Å². The summed E-state index contributed by atoms with van der Waals surface area (Å²) in [5.74, 6) is 0.167. The van der Waals surface area contributed by atoms with Crippen LogP contribution in [0.1, 0.15) is 24.1 Å². The number of benzene rings is 2. The highest BCUT2D eigenvalue weighted by Crippen LogP contribution is 2.26. The van der Waals surface area contributed by atoms with Gasteiger partial charge < -0.3 is 10.1 Å². The fraction of sp³-hybridized carbons (Fsp3) is 0.250. The van der Waals surface area contributed by atoms with Crippen molar-refractivity contribution in [2.75, 3.05) is 5.32 Å². The molecule has 0 fully saturated rings. The number of anilines is 1. The van der Waals surface area contributed by atoms with Crippen molar-refractivity contribution < 1.29 is 13.5 Å². The van der Waals surface area contributed by atoms with Crippen molar-refractivity contribution in [3.8, 4) is 5.75 Å². The summed E-state index contributed by atoms with van der Waals surface area (Å²) in [6, 6.07) is 12.7. The molecule has 0 amide bonds. The molecule has 0 saturated carbocycles. The standard InChI is InChI=1S/C16H16BrF2NO/c1-10-9-13(17)5-8-15(10)20-11(2)12-3-6-14(7-4-12)21-16(18)19/h3-9,11,16,20H,1-2H3. The number of aryl methyl sites for hydroxylation is 1. The Balaban J connectivity index is 2.07. The van der Waals surface area contributed by atoms with Crippen LogP contribution in [0.3, 0.4) is 0 Å². The SMILES string of the molecule is Cc1cc(Br)ccc1NC(C)c1ccc(OC(F)F)cc1. The zero-order chi connectivity index (χ0) is 15.4. The molecule has 1 atom stereocenters. The summed E-state index contributed by atoms with van der Waals surface area (Å²) in [4.78, 5) is 0. The lowest BCUT2D eigenvalue weighted by atomic mass is 10.1. The first-order valence-corrected chi connectivity index (χ1v) is 7.32. The first-order chi connectivity index (χ1) is 9.95. The van der Waals surface area contributed by atoms with Crippen molar-refractivity contribution in [3.05, 3.63) is 58.1 Å². The third-order valence-corrected chi connectivity index (χ3v) is 3.66. The van der Waals surface area contributed by atoms with Gasteiger partial charge in [-0.05, 0) is 55.3 Å². The van der Waals surface area contributed by atoms with Crippen LogP contribution >= 0.6 is 15.9 Å². The van der Waals surface area contributed by atoms with Crippen molar-refractivity contribution in [1.29, 1.82) is 0 Å². The van der Waals surface area contributed by atoms with E-state index in [1.54, 1.807) is 24.3 Å².